The van der Waals surface area contributed by atoms with Crippen molar-refractivity contribution in [1.82, 2.24) is 19.9 Å². The third-order valence-corrected chi connectivity index (χ3v) is 5.98. The molecule has 2 atom stereocenters. The van der Waals surface area contributed by atoms with Crippen LogP contribution >= 0.6 is 0 Å². The first-order valence-corrected chi connectivity index (χ1v) is 11.3. The minimum Gasteiger partial charge on any atom is -0.444 e. The Hall–Kier alpha value is -3.95. The van der Waals surface area contributed by atoms with Gasteiger partial charge in [0, 0.05) is 48.8 Å². The number of fused-ring (bicyclic) bond motifs is 3. The van der Waals surface area contributed by atoms with Crippen LogP contribution in [0.5, 0.6) is 0 Å². The van der Waals surface area contributed by atoms with Crippen LogP contribution in [0.2, 0.25) is 0 Å². The Morgan fingerprint density at radius 3 is 2.59 bits per heavy atom. The molecule has 4 heterocycles. The SMILES string of the molecule is CC(C)(C)OC(=O)N1C[C@@H]2C[C@@H]1CN2c1ccc2nccc(NC(=O)Nc3cnccn3)c2c1. The molecule has 0 radical (unpaired) electrons. The Morgan fingerprint density at radius 2 is 1.88 bits per heavy atom. The standard InChI is InChI=1S/C24H27N7O3/c1-24(2,3)34-23(33)31-14-16-10-17(31)13-30(16)15-4-5-19-18(11-15)20(6-7-26-19)28-22(32)29-21-12-25-8-9-27-21/h4-9,11-12,16-17H,10,13-14H2,1-3H3,(H2,26,27,28,29,32)/t16-,17+/m0/s1. The number of piperazine rings is 1. The number of hydrogen-bond acceptors (Lipinski definition) is 7. The van der Waals surface area contributed by atoms with Gasteiger partial charge in [-0.05, 0) is 51.5 Å². The minimum atomic E-state index is -0.507. The number of carbonyl (C=O) groups is 2. The molecule has 0 aliphatic carbocycles. The summed E-state index contributed by atoms with van der Waals surface area (Å²) in [7, 11) is 0. The third-order valence-electron chi connectivity index (χ3n) is 5.98. The number of pyridine rings is 1. The molecule has 34 heavy (non-hydrogen) atoms. The Labute approximate surface area is 197 Å². The smallest absolute Gasteiger partial charge is 0.410 e. The molecule has 10 nitrogen and oxygen atoms in total. The summed E-state index contributed by atoms with van der Waals surface area (Å²) in [4.78, 5) is 41.7. The van der Waals surface area contributed by atoms with E-state index in [4.69, 9.17) is 4.74 Å². The van der Waals surface area contributed by atoms with Crippen LogP contribution in [0.25, 0.3) is 10.9 Å². The molecule has 2 fully saturated rings. The zero-order valence-electron chi connectivity index (χ0n) is 19.4. The van der Waals surface area contributed by atoms with Crippen molar-refractivity contribution in [3.8, 4) is 0 Å². The lowest BCUT2D eigenvalue weighted by Gasteiger charge is -2.36. The highest BCUT2D eigenvalue weighted by molar-refractivity contribution is 6.05. The maximum Gasteiger partial charge on any atom is 0.410 e. The van der Waals surface area contributed by atoms with Crippen LogP contribution < -0.4 is 15.5 Å². The quantitative estimate of drug-likeness (QED) is 0.609. The molecule has 0 saturated carbocycles. The van der Waals surface area contributed by atoms with Crippen molar-refractivity contribution in [2.75, 3.05) is 28.6 Å². The molecule has 0 spiro atoms. The van der Waals surface area contributed by atoms with E-state index in [1.54, 1.807) is 18.5 Å². The van der Waals surface area contributed by atoms with Crippen molar-refractivity contribution in [1.29, 1.82) is 0 Å². The lowest BCUT2D eigenvalue weighted by molar-refractivity contribution is 0.0214. The van der Waals surface area contributed by atoms with Crippen molar-refractivity contribution in [2.24, 2.45) is 0 Å². The highest BCUT2D eigenvalue weighted by Crippen LogP contribution is 2.37. The van der Waals surface area contributed by atoms with Crippen LogP contribution in [0, 0.1) is 0 Å². The number of likely N-dealkylation sites (tertiary alicyclic amines) is 1. The molecule has 2 aromatic heterocycles. The average Bonchev–Trinajstić information content (AvgIpc) is 3.40. The van der Waals surface area contributed by atoms with Gasteiger partial charge in [0.05, 0.1) is 23.4 Å². The zero-order valence-corrected chi connectivity index (χ0v) is 19.4. The molecule has 2 N–H and O–H groups in total. The molecular weight excluding hydrogens is 434 g/mol. The predicted octanol–water partition coefficient (Wildman–Crippen LogP) is 3.87. The molecule has 2 aliphatic rings. The lowest BCUT2D eigenvalue weighted by Crippen LogP contribution is -2.50. The minimum absolute atomic E-state index is 0.125. The second-order valence-corrected chi connectivity index (χ2v) is 9.56. The summed E-state index contributed by atoms with van der Waals surface area (Å²) in [6.45, 7) is 7.03. The van der Waals surface area contributed by atoms with E-state index in [-0.39, 0.29) is 18.2 Å². The van der Waals surface area contributed by atoms with Gasteiger partial charge in [0.15, 0.2) is 5.82 Å². The summed E-state index contributed by atoms with van der Waals surface area (Å²) >= 11 is 0. The largest absolute Gasteiger partial charge is 0.444 e. The van der Waals surface area contributed by atoms with E-state index in [2.05, 4.69) is 30.5 Å². The number of benzene rings is 1. The third kappa shape index (κ3) is 4.43. The molecule has 3 aromatic rings. The maximum atomic E-state index is 12.6. The summed E-state index contributed by atoms with van der Waals surface area (Å²) < 4.78 is 5.57. The van der Waals surface area contributed by atoms with Crippen molar-refractivity contribution >= 4 is 40.2 Å². The molecule has 2 saturated heterocycles. The Morgan fingerprint density at radius 1 is 1.03 bits per heavy atom. The second-order valence-electron chi connectivity index (χ2n) is 9.56. The van der Waals surface area contributed by atoms with Gasteiger partial charge in [-0.25, -0.2) is 14.6 Å². The van der Waals surface area contributed by atoms with Crippen LogP contribution in [0.4, 0.5) is 26.8 Å². The van der Waals surface area contributed by atoms with Gasteiger partial charge in [0.2, 0.25) is 0 Å². The maximum absolute atomic E-state index is 12.6. The number of aromatic nitrogens is 3. The number of nitrogens with one attached hydrogen (secondary N) is 2. The fourth-order valence-corrected chi connectivity index (χ4v) is 4.58. The van der Waals surface area contributed by atoms with Gasteiger partial charge in [0.25, 0.3) is 0 Å². The summed E-state index contributed by atoms with van der Waals surface area (Å²) in [5, 5.41) is 6.39. The van der Waals surface area contributed by atoms with Crippen molar-refractivity contribution in [2.45, 2.75) is 44.9 Å². The number of anilines is 3. The first-order chi connectivity index (χ1) is 16.3. The van der Waals surface area contributed by atoms with E-state index in [0.717, 1.165) is 29.6 Å². The van der Waals surface area contributed by atoms with E-state index >= 15 is 0 Å². The Kier molecular flexibility index (Phi) is 5.43. The first-order valence-electron chi connectivity index (χ1n) is 11.3. The van der Waals surface area contributed by atoms with Gasteiger partial charge in [-0.15, -0.1) is 0 Å². The number of hydrogen-bond donors (Lipinski definition) is 2. The summed E-state index contributed by atoms with van der Waals surface area (Å²) in [6.07, 6.45) is 6.86. The van der Waals surface area contributed by atoms with E-state index < -0.39 is 11.6 Å². The average molecular weight is 462 g/mol. The van der Waals surface area contributed by atoms with Gasteiger partial charge < -0.3 is 19.9 Å². The zero-order chi connectivity index (χ0) is 23.9. The van der Waals surface area contributed by atoms with Crippen molar-refractivity contribution in [3.05, 3.63) is 49.1 Å². The number of amides is 3. The van der Waals surface area contributed by atoms with Gasteiger partial charge >= 0.3 is 12.1 Å². The molecule has 2 aliphatic heterocycles. The lowest BCUT2D eigenvalue weighted by atomic mass is 10.1. The van der Waals surface area contributed by atoms with E-state index in [1.165, 1.54) is 12.4 Å². The molecular formula is C24H27N7O3. The van der Waals surface area contributed by atoms with E-state index in [1.807, 2.05) is 43.9 Å². The number of ether oxygens (including phenoxy) is 1. The molecule has 10 heteroatoms. The predicted molar refractivity (Wildman–Crippen MR) is 129 cm³/mol. The van der Waals surface area contributed by atoms with Crippen LogP contribution in [-0.4, -0.2) is 62.8 Å². The summed E-state index contributed by atoms with van der Waals surface area (Å²) in [5.41, 5.74) is 1.95. The fourth-order valence-electron chi connectivity index (χ4n) is 4.58. The van der Waals surface area contributed by atoms with Gasteiger partial charge in [0.1, 0.15) is 5.60 Å². The first kappa shape index (κ1) is 21.9. The summed E-state index contributed by atoms with van der Waals surface area (Å²) in [6, 6.07) is 7.74. The number of rotatable bonds is 3. The fraction of sp³-hybridized carbons (Fsp3) is 0.375. The molecule has 0 unspecified atom stereocenters. The van der Waals surface area contributed by atoms with Gasteiger partial charge in [-0.1, -0.05) is 0 Å². The van der Waals surface area contributed by atoms with Crippen LogP contribution in [0.3, 0.4) is 0 Å². The van der Waals surface area contributed by atoms with E-state index in [9.17, 15) is 9.59 Å². The molecule has 2 bridgehead atoms. The topological polar surface area (TPSA) is 113 Å². The van der Waals surface area contributed by atoms with Crippen molar-refractivity contribution in [3.63, 3.8) is 0 Å². The Balaban J connectivity index is 1.32. The monoisotopic (exact) mass is 461 g/mol. The molecule has 176 valence electrons. The van der Waals surface area contributed by atoms with Crippen LogP contribution in [0.15, 0.2) is 49.1 Å². The second kappa shape index (κ2) is 8.44. The van der Waals surface area contributed by atoms with Gasteiger partial charge in [-0.2, -0.15) is 0 Å². The Bertz CT molecular complexity index is 1230. The normalized spacial score (nSPS) is 19.4. The number of urea groups is 1. The summed E-state index contributed by atoms with van der Waals surface area (Å²) in [5.74, 6) is 0.363. The number of carbonyl (C=O) groups excluding carboxylic acids is 2. The molecule has 1 aromatic carbocycles. The number of nitrogens with zero attached hydrogens (tertiary/aromatic N) is 5. The highest BCUT2D eigenvalue weighted by Gasteiger charge is 2.46. The molecule has 5 rings (SSSR count). The van der Waals surface area contributed by atoms with E-state index in [0.29, 0.717) is 18.1 Å². The van der Waals surface area contributed by atoms with Crippen LogP contribution in [0.1, 0.15) is 27.2 Å². The van der Waals surface area contributed by atoms with Crippen molar-refractivity contribution < 1.29 is 14.3 Å². The molecule has 3 amide bonds. The highest BCUT2D eigenvalue weighted by atomic mass is 16.6. The van der Waals surface area contributed by atoms with Gasteiger partial charge in [-0.3, -0.25) is 15.3 Å². The van der Waals surface area contributed by atoms with Crippen LogP contribution in [-0.2, 0) is 4.74 Å².